The summed E-state index contributed by atoms with van der Waals surface area (Å²) in [6.45, 7) is 3.31. The van der Waals surface area contributed by atoms with Crippen molar-refractivity contribution in [3.63, 3.8) is 0 Å². The van der Waals surface area contributed by atoms with Gasteiger partial charge in [0.2, 0.25) is 16.5 Å². The van der Waals surface area contributed by atoms with Crippen LogP contribution in [-0.2, 0) is 0 Å². The summed E-state index contributed by atoms with van der Waals surface area (Å²) in [5.41, 5.74) is 0. The molecule has 2 rings (SSSR count). The van der Waals surface area contributed by atoms with Crippen LogP contribution in [0.3, 0.4) is 0 Å². The third-order valence-corrected chi connectivity index (χ3v) is 3.11. The number of anilines is 1. The Morgan fingerprint density at radius 1 is 1.25 bits per heavy atom. The topological polar surface area (TPSA) is 62.1 Å². The van der Waals surface area contributed by atoms with Crippen LogP contribution in [0.4, 0.5) is 5.95 Å². The SMILES string of the molecule is CC1CCN(c2nc(Cl)nc(Cl)n2)CC1O. The van der Waals surface area contributed by atoms with Gasteiger partial charge in [0.25, 0.3) is 0 Å². The van der Waals surface area contributed by atoms with E-state index in [1.165, 1.54) is 0 Å². The van der Waals surface area contributed by atoms with Crippen LogP contribution in [0.25, 0.3) is 0 Å². The third-order valence-electron chi connectivity index (χ3n) is 2.77. The van der Waals surface area contributed by atoms with E-state index in [9.17, 15) is 5.11 Å². The Morgan fingerprint density at radius 2 is 1.88 bits per heavy atom. The fourth-order valence-electron chi connectivity index (χ4n) is 1.69. The third kappa shape index (κ3) is 2.53. The standard InChI is InChI=1S/C9H12Cl2N4O/c1-5-2-3-15(4-6(5)16)9-13-7(10)12-8(11)14-9/h5-6,16H,2-4H2,1H3. The number of β-amino-alcohol motifs (C(OH)–C–C–N with tert-alkyl or cyclic N) is 1. The van der Waals surface area contributed by atoms with Gasteiger partial charge in [0, 0.05) is 13.1 Å². The van der Waals surface area contributed by atoms with Crippen molar-refractivity contribution in [3.8, 4) is 0 Å². The molecule has 5 nitrogen and oxygen atoms in total. The number of aromatic nitrogens is 3. The fourth-order valence-corrected chi connectivity index (χ4v) is 2.04. The lowest BCUT2D eigenvalue weighted by Gasteiger charge is -2.34. The summed E-state index contributed by atoms with van der Waals surface area (Å²) in [5.74, 6) is 0.722. The molecular weight excluding hydrogens is 251 g/mol. The van der Waals surface area contributed by atoms with E-state index in [0.29, 0.717) is 18.4 Å². The van der Waals surface area contributed by atoms with Gasteiger partial charge in [-0.3, -0.25) is 0 Å². The Bertz CT molecular complexity index is 370. The quantitative estimate of drug-likeness (QED) is 0.829. The fraction of sp³-hybridized carbons (Fsp3) is 0.667. The number of halogens is 2. The second-order valence-corrected chi connectivity index (χ2v) is 4.63. The molecule has 0 aromatic carbocycles. The molecule has 2 unspecified atom stereocenters. The molecule has 7 heteroatoms. The first-order valence-electron chi connectivity index (χ1n) is 5.06. The maximum Gasteiger partial charge on any atom is 0.231 e. The van der Waals surface area contributed by atoms with E-state index in [4.69, 9.17) is 23.2 Å². The molecule has 0 amide bonds. The molecule has 1 aliphatic heterocycles. The van der Waals surface area contributed by atoms with Crippen LogP contribution >= 0.6 is 23.2 Å². The van der Waals surface area contributed by atoms with E-state index in [1.807, 2.05) is 11.8 Å². The van der Waals surface area contributed by atoms with Gasteiger partial charge in [0.15, 0.2) is 0 Å². The van der Waals surface area contributed by atoms with Crippen LogP contribution < -0.4 is 4.90 Å². The lowest BCUT2D eigenvalue weighted by molar-refractivity contribution is 0.102. The second kappa shape index (κ2) is 4.69. The highest BCUT2D eigenvalue weighted by Crippen LogP contribution is 2.22. The summed E-state index contributed by atoms with van der Waals surface area (Å²) < 4.78 is 0. The van der Waals surface area contributed by atoms with Gasteiger partial charge in [0.05, 0.1) is 6.10 Å². The van der Waals surface area contributed by atoms with E-state index in [0.717, 1.165) is 13.0 Å². The highest BCUT2D eigenvalue weighted by molar-refractivity contribution is 6.31. The van der Waals surface area contributed by atoms with Gasteiger partial charge in [-0.2, -0.15) is 15.0 Å². The molecule has 0 bridgehead atoms. The zero-order chi connectivity index (χ0) is 11.7. The molecule has 1 aliphatic rings. The molecule has 1 saturated heterocycles. The summed E-state index contributed by atoms with van der Waals surface area (Å²) in [7, 11) is 0. The van der Waals surface area contributed by atoms with Crippen molar-refractivity contribution in [2.75, 3.05) is 18.0 Å². The molecule has 2 atom stereocenters. The average molecular weight is 263 g/mol. The molecule has 1 N–H and O–H groups in total. The van der Waals surface area contributed by atoms with Crippen LogP contribution in [0, 0.1) is 5.92 Å². The normalized spacial score (nSPS) is 25.9. The Hall–Kier alpha value is -0.650. The number of piperidine rings is 1. The van der Waals surface area contributed by atoms with E-state index in [1.54, 1.807) is 0 Å². The van der Waals surface area contributed by atoms with Gasteiger partial charge in [-0.05, 0) is 35.5 Å². The Morgan fingerprint density at radius 3 is 2.44 bits per heavy atom. The number of aliphatic hydroxyl groups is 1. The molecule has 0 saturated carbocycles. The molecule has 88 valence electrons. The summed E-state index contributed by atoms with van der Waals surface area (Å²) in [5, 5.41) is 9.91. The Kier molecular flexibility index (Phi) is 3.47. The van der Waals surface area contributed by atoms with Crippen LogP contribution in [0.1, 0.15) is 13.3 Å². The smallest absolute Gasteiger partial charge is 0.231 e. The zero-order valence-corrected chi connectivity index (χ0v) is 10.3. The largest absolute Gasteiger partial charge is 0.391 e. The lowest BCUT2D eigenvalue weighted by atomic mass is 9.96. The number of rotatable bonds is 1. The van der Waals surface area contributed by atoms with Gasteiger partial charge in [-0.25, -0.2) is 0 Å². The van der Waals surface area contributed by atoms with Crippen LogP contribution in [-0.4, -0.2) is 39.3 Å². The van der Waals surface area contributed by atoms with Crippen molar-refractivity contribution >= 4 is 29.2 Å². The van der Waals surface area contributed by atoms with Crippen molar-refractivity contribution < 1.29 is 5.11 Å². The van der Waals surface area contributed by atoms with Crippen molar-refractivity contribution in [3.05, 3.63) is 10.6 Å². The van der Waals surface area contributed by atoms with Gasteiger partial charge < -0.3 is 10.0 Å². The highest BCUT2D eigenvalue weighted by Gasteiger charge is 2.26. The van der Waals surface area contributed by atoms with Gasteiger partial charge in [-0.15, -0.1) is 0 Å². The molecule has 2 heterocycles. The maximum absolute atomic E-state index is 9.77. The molecule has 0 aliphatic carbocycles. The Labute approximate surface area is 103 Å². The van der Waals surface area contributed by atoms with E-state index in [-0.39, 0.29) is 16.7 Å². The average Bonchev–Trinajstić information content (AvgIpc) is 2.20. The van der Waals surface area contributed by atoms with Gasteiger partial charge >= 0.3 is 0 Å². The van der Waals surface area contributed by atoms with Gasteiger partial charge in [-0.1, -0.05) is 6.92 Å². The molecule has 16 heavy (non-hydrogen) atoms. The minimum atomic E-state index is -0.372. The first-order chi connectivity index (χ1) is 7.56. The highest BCUT2D eigenvalue weighted by atomic mass is 35.5. The van der Waals surface area contributed by atoms with Crippen molar-refractivity contribution in [2.45, 2.75) is 19.4 Å². The molecule has 0 spiro atoms. The number of hydrogen-bond acceptors (Lipinski definition) is 5. The van der Waals surface area contributed by atoms with E-state index >= 15 is 0 Å². The van der Waals surface area contributed by atoms with Crippen LogP contribution in [0.15, 0.2) is 0 Å². The minimum absolute atomic E-state index is 0.0723. The predicted molar refractivity (Wildman–Crippen MR) is 61.8 cm³/mol. The van der Waals surface area contributed by atoms with E-state index < -0.39 is 0 Å². The lowest BCUT2D eigenvalue weighted by Crippen LogP contribution is -2.43. The molecule has 1 fully saturated rings. The van der Waals surface area contributed by atoms with Gasteiger partial charge in [0.1, 0.15) is 0 Å². The predicted octanol–water partition coefficient (Wildman–Crippen LogP) is 1.39. The van der Waals surface area contributed by atoms with Crippen LogP contribution in [0.2, 0.25) is 10.6 Å². The van der Waals surface area contributed by atoms with Crippen LogP contribution in [0.5, 0.6) is 0 Å². The van der Waals surface area contributed by atoms with Crippen molar-refractivity contribution in [2.24, 2.45) is 5.92 Å². The maximum atomic E-state index is 9.77. The Balaban J connectivity index is 2.18. The molecule has 1 aromatic heterocycles. The first kappa shape index (κ1) is 11.8. The monoisotopic (exact) mass is 262 g/mol. The number of hydrogen-bond donors (Lipinski definition) is 1. The second-order valence-electron chi connectivity index (χ2n) is 3.95. The number of nitrogens with zero attached hydrogens (tertiary/aromatic N) is 4. The van der Waals surface area contributed by atoms with E-state index in [2.05, 4.69) is 15.0 Å². The molecular formula is C9H12Cl2N4O. The first-order valence-corrected chi connectivity index (χ1v) is 5.82. The summed E-state index contributed by atoms with van der Waals surface area (Å²) in [6, 6.07) is 0. The summed E-state index contributed by atoms with van der Waals surface area (Å²) >= 11 is 11.4. The summed E-state index contributed by atoms with van der Waals surface area (Å²) in [4.78, 5) is 13.5. The zero-order valence-electron chi connectivity index (χ0n) is 8.77. The molecule has 0 radical (unpaired) electrons. The van der Waals surface area contributed by atoms with Crippen molar-refractivity contribution in [1.82, 2.24) is 15.0 Å². The van der Waals surface area contributed by atoms with Crippen molar-refractivity contribution in [1.29, 1.82) is 0 Å². The number of aliphatic hydroxyl groups excluding tert-OH is 1. The summed E-state index contributed by atoms with van der Waals surface area (Å²) in [6.07, 6.45) is 0.519. The minimum Gasteiger partial charge on any atom is -0.391 e. The molecule has 1 aromatic rings.